The molecule has 0 saturated carbocycles. The van der Waals surface area contributed by atoms with Gasteiger partial charge in [0.05, 0.1) is 0 Å². The van der Waals surface area contributed by atoms with E-state index in [1.165, 1.54) is 0 Å². The molecule has 0 aromatic heterocycles. The molecule has 0 unspecified atom stereocenters. The van der Waals surface area contributed by atoms with Crippen LogP contribution in [0.25, 0.3) is 0 Å². The summed E-state index contributed by atoms with van der Waals surface area (Å²) >= 11 is 1.79. The summed E-state index contributed by atoms with van der Waals surface area (Å²) in [6.45, 7) is 8.56. The SMILES string of the molecule is CO[Si](C)(/C=C\SC(C)(C)C)OC. The Morgan fingerprint density at radius 1 is 1.15 bits per heavy atom. The van der Waals surface area contributed by atoms with Crippen LogP contribution in [0.1, 0.15) is 20.8 Å². The molecule has 0 aromatic rings. The van der Waals surface area contributed by atoms with Gasteiger partial charge in [-0.15, -0.1) is 11.8 Å². The van der Waals surface area contributed by atoms with Gasteiger partial charge in [0.15, 0.2) is 0 Å². The molecule has 0 rings (SSSR count). The summed E-state index contributed by atoms with van der Waals surface area (Å²) in [6, 6.07) is 0. The third-order valence-corrected chi connectivity index (χ3v) is 5.22. The van der Waals surface area contributed by atoms with Crippen molar-refractivity contribution in [2.24, 2.45) is 0 Å². The lowest BCUT2D eigenvalue weighted by Crippen LogP contribution is -2.33. The third-order valence-electron chi connectivity index (χ3n) is 1.60. The van der Waals surface area contributed by atoms with Gasteiger partial charge in [0.25, 0.3) is 0 Å². The van der Waals surface area contributed by atoms with Gasteiger partial charge >= 0.3 is 8.56 Å². The van der Waals surface area contributed by atoms with Gasteiger partial charge in [-0.3, -0.25) is 0 Å². The van der Waals surface area contributed by atoms with E-state index >= 15 is 0 Å². The molecule has 0 spiro atoms. The molecule has 0 atom stereocenters. The van der Waals surface area contributed by atoms with Gasteiger partial charge in [-0.25, -0.2) is 0 Å². The average molecular weight is 220 g/mol. The Labute approximate surface area is 86.9 Å². The number of hydrogen-bond donors (Lipinski definition) is 0. The van der Waals surface area contributed by atoms with E-state index in [-0.39, 0.29) is 4.75 Å². The molecule has 0 fully saturated rings. The Bertz CT molecular complexity index is 171. The molecule has 0 aliphatic carbocycles. The Kier molecular flexibility index (Phi) is 5.28. The quantitative estimate of drug-likeness (QED) is 0.679. The lowest BCUT2D eigenvalue weighted by molar-refractivity contribution is 0.264. The van der Waals surface area contributed by atoms with Crippen molar-refractivity contribution < 1.29 is 8.85 Å². The monoisotopic (exact) mass is 220 g/mol. The topological polar surface area (TPSA) is 18.5 Å². The summed E-state index contributed by atoms with van der Waals surface area (Å²) in [7, 11) is 1.39. The molecule has 4 heteroatoms. The van der Waals surface area contributed by atoms with Crippen LogP contribution in [0.3, 0.4) is 0 Å². The summed E-state index contributed by atoms with van der Waals surface area (Å²) in [5.74, 6) is 0. The number of thioether (sulfide) groups is 1. The second-order valence-electron chi connectivity index (χ2n) is 3.96. The smallest absolute Gasteiger partial charge is 0.361 e. The van der Waals surface area contributed by atoms with E-state index < -0.39 is 8.56 Å². The molecular weight excluding hydrogens is 200 g/mol. The van der Waals surface area contributed by atoms with Crippen LogP contribution in [-0.4, -0.2) is 27.5 Å². The second-order valence-corrected chi connectivity index (χ2v) is 8.87. The van der Waals surface area contributed by atoms with Gasteiger partial charge in [-0.05, 0) is 17.7 Å². The summed E-state index contributed by atoms with van der Waals surface area (Å²) in [4.78, 5) is 0. The van der Waals surface area contributed by atoms with Gasteiger partial charge in [-0.1, -0.05) is 20.8 Å². The fourth-order valence-electron chi connectivity index (χ4n) is 0.581. The molecule has 0 N–H and O–H groups in total. The van der Waals surface area contributed by atoms with E-state index in [9.17, 15) is 0 Å². The van der Waals surface area contributed by atoms with Crippen molar-refractivity contribution in [2.45, 2.75) is 32.1 Å². The first kappa shape index (κ1) is 13.2. The molecule has 0 radical (unpaired) electrons. The van der Waals surface area contributed by atoms with Gasteiger partial charge in [0.1, 0.15) is 0 Å². The highest BCUT2D eigenvalue weighted by Gasteiger charge is 2.24. The molecule has 78 valence electrons. The second kappa shape index (κ2) is 5.19. The molecule has 0 heterocycles. The largest absolute Gasteiger partial charge is 0.395 e. The molecule has 0 amide bonds. The van der Waals surface area contributed by atoms with Gasteiger partial charge in [0.2, 0.25) is 0 Å². The number of hydrogen-bond acceptors (Lipinski definition) is 3. The first-order valence-corrected chi connectivity index (χ1v) is 7.56. The van der Waals surface area contributed by atoms with Crippen molar-refractivity contribution in [3.63, 3.8) is 0 Å². The maximum absolute atomic E-state index is 5.32. The van der Waals surface area contributed by atoms with Crippen LogP contribution < -0.4 is 0 Å². The molecule has 0 aromatic carbocycles. The van der Waals surface area contributed by atoms with Gasteiger partial charge in [0, 0.05) is 19.0 Å². The van der Waals surface area contributed by atoms with E-state index in [2.05, 4.69) is 31.9 Å². The maximum Gasteiger partial charge on any atom is 0.361 e. The minimum atomic E-state index is -2.00. The molecular formula is C9H20O2SSi. The summed E-state index contributed by atoms with van der Waals surface area (Å²) in [5, 5.41) is 2.08. The first-order chi connectivity index (χ1) is 5.83. The highest BCUT2D eigenvalue weighted by atomic mass is 32.2. The molecule has 0 aliphatic heterocycles. The molecule has 13 heavy (non-hydrogen) atoms. The van der Waals surface area contributed by atoms with Crippen LogP contribution in [0, 0.1) is 0 Å². The van der Waals surface area contributed by atoms with E-state index in [1.54, 1.807) is 26.0 Å². The highest BCUT2D eigenvalue weighted by Crippen LogP contribution is 2.25. The Morgan fingerprint density at radius 3 is 1.92 bits per heavy atom. The zero-order valence-electron chi connectivity index (χ0n) is 9.38. The predicted octanol–water partition coefficient (Wildman–Crippen LogP) is 2.94. The van der Waals surface area contributed by atoms with Crippen LogP contribution in [-0.2, 0) is 8.85 Å². The number of rotatable bonds is 4. The molecule has 2 nitrogen and oxygen atoms in total. The van der Waals surface area contributed by atoms with Crippen molar-refractivity contribution >= 4 is 20.3 Å². The van der Waals surface area contributed by atoms with E-state index in [0.717, 1.165) is 0 Å². The fraction of sp³-hybridized carbons (Fsp3) is 0.778. The first-order valence-electron chi connectivity index (χ1n) is 4.29. The maximum atomic E-state index is 5.32. The van der Waals surface area contributed by atoms with Crippen LogP contribution in [0.2, 0.25) is 6.55 Å². The lowest BCUT2D eigenvalue weighted by Gasteiger charge is -2.19. The zero-order valence-corrected chi connectivity index (χ0v) is 11.2. The van der Waals surface area contributed by atoms with Crippen LogP contribution in [0.4, 0.5) is 0 Å². The Balaban J connectivity index is 4.10. The minimum Gasteiger partial charge on any atom is -0.395 e. The standard InChI is InChI=1S/C9H20O2SSi/c1-9(2,3)12-7-8-13(6,10-4)11-5/h7-8H,1-6H3/b8-7-. The molecule has 0 aliphatic rings. The highest BCUT2D eigenvalue weighted by molar-refractivity contribution is 8.03. The zero-order chi connectivity index (χ0) is 10.5. The lowest BCUT2D eigenvalue weighted by atomic mass is 10.3. The van der Waals surface area contributed by atoms with E-state index in [0.29, 0.717) is 0 Å². The molecule has 0 saturated heterocycles. The van der Waals surface area contributed by atoms with Crippen LogP contribution >= 0.6 is 11.8 Å². The van der Waals surface area contributed by atoms with E-state index in [1.807, 2.05) is 6.55 Å². The Hall–Kier alpha value is 0.227. The van der Waals surface area contributed by atoms with E-state index in [4.69, 9.17) is 8.85 Å². The summed E-state index contributed by atoms with van der Waals surface area (Å²) < 4.78 is 10.9. The van der Waals surface area contributed by atoms with Crippen LogP contribution in [0.5, 0.6) is 0 Å². The van der Waals surface area contributed by atoms with Crippen molar-refractivity contribution in [2.75, 3.05) is 14.2 Å². The van der Waals surface area contributed by atoms with Gasteiger partial charge in [-0.2, -0.15) is 0 Å². The van der Waals surface area contributed by atoms with Crippen molar-refractivity contribution in [3.8, 4) is 0 Å². The van der Waals surface area contributed by atoms with Crippen molar-refractivity contribution in [3.05, 3.63) is 11.1 Å². The molecule has 0 bridgehead atoms. The summed E-state index contributed by atoms with van der Waals surface area (Å²) in [5.41, 5.74) is 2.06. The fourth-order valence-corrected chi connectivity index (χ4v) is 2.69. The average Bonchev–Trinajstić information content (AvgIpc) is 2.02. The summed E-state index contributed by atoms with van der Waals surface area (Å²) in [6.07, 6.45) is 0. The predicted molar refractivity (Wildman–Crippen MR) is 62.1 cm³/mol. The third kappa shape index (κ3) is 6.32. The Morgan fingerprint density at radius 2 is 1.62 bits per heavy atom. The van der Waals surface area contributed by atoms with Crippen molar-refractivity contribution in [1.29, 1.82) is 0 Å². The van der Waals surface area contributed by atoms with Crippen molar-refractivity contribution in [1.82, 2.24) is 0 Å². The van der Waals surface area contributed by atoms with Gasteiger partial charge < -0.3 is 8.85 Å². The minimum absolute atomic E-state index is 0.257. The normalized spacial score (nSPS) is 14.0. The van der Waals surface area contributed by atoms with Crippen LogP contribution in [0.15, 0.2) is 11.1 Å².